The van der Waals surface area contributed by atoms with Crippen LogP contribution in [-0.2, 0) is 11.2 Å². The summed E-state index contributed by atoms with van der Waals surface area (Å²) in [5, 5.41) is 6.67. The third-order valence-electron chi connectivity index (χ3n) is 4.72. The normalized spacial score (nSPS) is 27.8. The first kappa shape index (κ1) is 15.3. The molecule has 2 atom stereocenters. The molecule has 2 unspecified atom stereocenters. The molecule has 1 heterocycles. The Labute approximate surface area is 126 Å². The van der Waals surface area contributed by atoms with E-state index in [9.17, 15) is 4.79 Å². The molecule has 1 saturated heterocycles. The predicted molar refractivity (Wildman–Crippen MR) is 83.2 cm³/mol. The average Bonchev–Trinajstić information content (AvgIpc) is 3.07. The number of carbonyl (C=O) groups excluding carboxylic acids is 1. The summed E-state index contributed by atoms with van der Waals surface area (Å²) in [7, 11) is 0. The molecule has 3 nitrogen and oxygen atoms in total. The predicted octanol–water partition coefficient (Wildman–Crippen LogP) is 2.74. The van der Waals surface area contributed by atoms with Crippen molar-refractivity contribution in [2.75, 3.05) is 6.54 Å². The SMILES string of the molecule is CCC1(C(=O)NC2CCc3ccccc32)CCCN1.Cl. The van der Waals surface area contributed by atoms with E-state index in [2.05, 4.69) is 41.8 Å². The number of nitrogens with one attached hydrogen (secondary N) is 2. The smallest absolute Gasteiger partial charge is 0.240 e. The van der Waals surface area contributed by atoms with E-state index in [1.54, 1.807) is 0 Å². The van der Waals surface area contributed by atoms with Crippen LogP contribution in [0.3, 0.4) is 0 Å². The van der Waals surface area contributed by atoms with Crippen molar-refractivity contribution in [3.8, 4) is 0 Å². The van der Waals surface area contributed by atoms with E-state index < -0.39 is 0 Å². The van der Waals surface area contributed by atoms with Gasteiger partial charge >= 0.3 is 0 Å². The van der Waals surface area contributed by atoms with E-state index in [0.717, 1.165) is 38.6 Å². The molecule has 1 amide bonds. The fraction of sp³-hybridized carbons (Fsp3) is 0.562. The van der Waals surface area contributed by atoms with Crippen LogP contribution >= 0.6 is 12.4 Å². The van der Waals surface area contributed by atoms with Crippen LogP contribution in [0.25, 0.3) is 0 Å². The molecule has 1 fully saturated rings. The highest BCUT2D eigenvalue weighted by molar-refractivity contribution is 5.87. The molecule has 4 heteroatoms. The second-order valence-corrected chi connectivity index (χ2v) is 5.73. The average molecular weight is 295 g/mol. The van der Waals surface area contributed by atoms with Gasteiger partial charge in [0, 0.05) is 0 Å². The van der Waals surface area contributed by atoms with Crippen LogP contribution in [0.1, 0.15) is 49.8 Å². The maximum atomic E-state index is 12.6. The van der Waals surface area contributed by atoms with Crippen LogP contribution in [0, 0.1) is 0 Å². The molecular formula is C16H23ClN2O. The Bertz CT molecular complexity index is 483. The third-order valence-corrected chi connectivity index (χ3v) is 4.72. The number of hydrogen-bond donors (Lipinski definition) is 2. The van der Waals surface area contributed by atoms with Gasteiger partial charge in [-0.2, -0.15) is 0 Å². The summed E-state index contributed by atoms with van der Waals surface area (Å²) in [6, 6.07) is 8.66. The fourth-order valence-corrected chi connectivity index (χ4v) is 3.47. The minimum atomic E-state index is -0.322. The number of benzene rings is 1. The van der Waals surface area contributed by atoms with E-state index in [1.165, 1.54) is 11.1 Å². The van der Waals surface area contributed by atoms with Crippen LogP contribution in [0.2, 0.25) is 0 Å². The monoisotopic (exact) mass is 294 g/mol. The number of rotatable bonds is 3. The Hall–Kier alpha value is -1.06. The zero-order valence-electron chi connectivity index (χ0n) is 11.9. The zero-order valence-corrected chi connectivity index (χ0v) is 12.8. The molecule has 1 aromatic rings. The molecule has 1 aromatic carbocycles. The first-order valence-electron chi connectivity index (χ1n) is 7.39. The summed E-state index contributed by atoms with van der Waals surface area (Å²) in [6.07, 6.45) is 5.04. The van der Waals surface area contributed by atoms with Gasteiger partial charge in [-0.3, -0.25) is 4.79 Å². The molecule has 2 N–H and O–H groups in total. The van der Waals surface area contributed by atoms with Crippen molar-refractivity contribution in [1.29, 1.82) is 0 Å². The maximum Gasteiger partial charge on any atom is 0.240 e. The summed E-state index contributed by atoms with van der Waals surface area (Å²) in [6.45, 7) is 3.06. The zero-order chi connectivity index (χ0) is 13.3. The van der Waals surface area contributed by atoms with Gasteiger partial charge in [0.05, 0.1) is 11.6 Å². The van der Waals surface area contributed by atoms with Crippen molar-refractivity contribution < 1.29 is 4.79 Å². The molecule has 0 spiro atoms. The highest BCUT2D eigenvalue weighted by Crippen LogP contribution is 2.32. The van der Waals surface area contributed by atoms with Crippen molar-refractivity contribution in [3.05, 3.63) is 35.4 Å². The minimum absolute atomic E-state index is 0. The van der Waals surface area contributed by atoms with Crippen LogP contribution < -0.4 is 10.6 Å². The molecule has 0 radical (unpaired) electrons. The van der Waals surface area contributed by atoms with Crippen molar-refractivity contribution in [2.45, 2.75) is 50.6 Å². The lowest BCUT2D eigenvalue weighted by molar-refractivity contribution is -0.128. The van der Waals surface area contributed by atoms with Crippen LogP contribution in [0.4, 0.5) is 0 Å². The first-order chi connectivity index (χ1) is 9.25. The Morgan fingerprint density at radius 2 is 2.25 bits per heavy atom. The van der Waals surface area contributed by atoms with Gasteiger partial charge in [0.2, 0.25) is 5.91 Å². The molecule has 0 aromatic heterocycles. The fourth-order valence-electron chi connectivity index (χ4n) is 3.47. The minimum Gasteiger partial charge on any atom is -0.348 e. The second kappa shape index (κ2) is 6.15. The van der Waals surface area contributed by atoms with Crippen molar-refractivity contribution in [1.82, 2.24) is 10.6 Å². The van der Waals surface area contributed by atoms with E-state index in [-0.39, 0.29) is 29.9 Å². The van der Waals surface area contributed by atoms with Gasteiger partial charge in [-0.1, -0.05) is 31.2 Å². The van der Waals surface area contributed by atoms with Gasteiger partial charge in [-0.15, -0.1) is 12.4 Å². The molecular weight excluding hydrogens is 272 g/mol. The van der Waals surface area contributed by atoms with Gasteiger partial charge in [0.15, 0.2) is 0 Å². The summed E-state index contributed by atoms with van der Waals surface area (Å²) in [5.74, 6) is 0.189. The third kappa shape index (κ3) is 2.57. The van der Waals surface area contributed by atoms with Crippen molar-refractivity contribution in [2.24, 2.45) is 0 Å². The highest BCUT2D eigenvalue weighted by atomic mass is 35.5. The van der Waals surface area contributed by atoms with Crippen LogP contribution in [0.15, 0.2) is 24.3 Å². The summed E-state index contributed by atoms with van der Waals surface area (Å²) in [5.41, 5.74) is 2.37. The van der Waals surface area contributed by atoms with Crippen molar-refractivity contribution >= 4 is 18.3 Å². The standard InChI is InChI=1S/C16H22N2O.ClH/c1-2-16(10-5-11-17-16)15(19)18-14-9-8-12-6-3-4-7-13(12)14;/h3-4,6-7,14,17H,2,5,8-11H2,1H3,(H,18,19);1H. The van der Waals surface area contributed by atoms with Gasteiger partial charge in [-0.05, 0) is 49.8 Å². The number of amides is 1. The van der Waals surface area contributed by atoms with Gasteiger partial charge in [0.25, 0.3) is 0 Å². The van der Waals surface area contributed by atoms with Crippen LogP contribution in [0.5, 0.6) is 0 Å². The number of halogens is 1. The van der Waals surface area contributed by atoms with Gasteiger partial charge in [-0.25, -0.2) is 0 Å². The number of aryl methyl sites for hydroxylation is 1. The number of hydrogen-bond acceptors (Lipinski definition) is 2. The summed E-state index contributed by atoms with van der Waals surface area (Å²) < 4.78 is 0. The number of fused-ring (bicyclic) bond motifs is 1. The summed E-state index contributed by atoms with van der Waals surface area (Å²) >= 11 is 0. The summed E-state index contributed by atoms with van der Waals surface area (Å²) in [4.78, 5) is 12.6. The van der Waals surface area contributed by atoms with Gasteiger partial charge < -0.3 is 10.6 Å². The van der Waals surface area contributed by atoms with E-state index >= 15 is 0 Å². The Kier molecular flexibility index (Phi) is 4.71. The largest absolute Gasteiger partial charge is 0.348 e. The molecule has 3 rings (SSSR count). The molecule has 0 bridgehead atoms. The van der Waals surface area contributed by atoms with Gasteiger partial charge in [0.1, 0.15) is 0 Å². The molecule has 20 heavy (non-hydrogen) atoms. The quantitative estimate of drug-likeness (QED) is 0.900. The maximum absolute atomic E-state index is 12.6. The van der Waals surface area contributed by atoms with E-state index in [1.807, 2.05) is 0 Å². The first-order valence-corrected chi connectivity index (χ1v) is 7.39. The highest BCUT2D eigenvalue weighted by Gasteiger charge is 2.40. The second-order valence-electron chi connectivity index (χ2n) is 5.73. The lowest BCUT2D eigenvalue weighted by atomic mass is 9.92. The topological polar surface area (TPSA) is 41.1 Å². The molecule has 110 valence electrons. The lowest BCUT2D eigenvalue weighted by Gasteiger charge is -2.28. The molecule has 1 aliphatic heterocycles. The van der Waals surface area contributed by atoms with E-state index in [0.29, 0.717) is 0 Å². The van der Waals surface area contributed by atoms with Crippen molar-refractivity contribution in [3.63, 3.8) is 0 Å². The molecule has 1 aliphatic carbocycles. The number of carbonyl (C=O) groups is 1. The van der Waals surface area contributed by atoms with Crippen LogP contribution in [-0.4, -0.2) is 18.0 Å². The Morgan fingerprint density at radius 1 is 1.45 bits per heavy atom. The van der Waals surface area contributed by atoms with E-state index in [4.69, 9.17) is 0 Å². The lowest BCUT2D eigenvalue weighted by Crippen LogP contribution is -2.53. The molecule has 0 saturated carbocycles. The Balaban J connectivity index is 0.00000147. The molecule has 2 aliphatic rings. The Morgan fingerprint density at radius 3 is 2.95 bits per heavy atom.